The fourth-order valence-corrected chi connectivity index (χ4v) is 3.86. The SMILES string of the molecule is CN(C)C(=O)c1cccc(NC(=O)c2ccc(S(=O)(=O)NC(C)(C)C)cc2)c1. The lowest BCUT2D eigenvalue weighted by atomic mass is 10.1. The first-order valence-electron chi connectivity index (χ1n) is 8.66. The number of anilines is 1. The molecular weight excluding hydrogens is 378 g/mol. The van der Waals surface area contributed by atoms with Gasteiger partial charge in [-0.05, 0) is 63.2 Å². The van der Waals surface area contributed by atoms with Gasteiger partial charge < -0.3 is 10.2 Å². The number of amides is 2. The average molecular weight is 404 g/mol. The molecule has 0 unspecified atom stereocenters. The minimum Gasteiger partial charge on any atom is -0.345 e. The summed E-state index contributed by atoms with van der Waals surface area (Å²) in [5.41, 5.74) is 0.629. The van der Waals surface area contributed by atoms with Crippen LogP contribution in [0.1, 0.15) is 41.5 Å². The molecule has 2 rings (SSSR count). The number of hydrogen-bond donors (Lipinski definition) is 2. The molecule has 2 aromatic carbocycles. The van der Waals surface area contributed by atoms with Gasteiger partial charge in [0.2, 0.25) is 10.0 Å². The Morgan fingerprint density at radius 1 is 0.929 bits per heavy atom. The van der Waals surface area contributed by atoms with E-state index in [4.69, 9.17) is 0 Å². The van der Waals surface area contributed by atoms with Gasteiger partial charge in [0.15, 0.2) is 0 Å². The normalized spacial score (nSPS) is 11.8. The molecule has 150 valence electrons. The van der Waals surface area contributed by atoms with E-state index in [9.17, 15) is 18.0 Å². The summed E-state index contributed by atoms with van der Waals surface area (Å²) in [6, 6.07) is 12.3. The van der Waals surface area contributed by atoms with E-state index in [0.717, 1.165) is 0 Å². The zero-order valence-electron chi connectivity index (χ0n) is 16.6. The highest BCUT2D eigenvalue weighted by molar-refractivity contribution is 7.89. The fourth-order valence-electron chi connectivity index (χ4n) is 2.44. The van der Waals surface area contributed by atoms with Crippen molar-refractivity contribution < 1.29 is 18.0 Å². The van der Waals surface area contributed by atoms with Crippen molar-refractivity contribution in [1.82, 2.24) is 9.62 Å². The number of carbonyl (C=O) groups is 2. The number of hydrogen-bond acceptors (Lipinski definition) is 4. The maximum atomic E-state index is 12.4. The van der Waals surface area contributed by atoms with E-state index < -0.39 is 21.5 Å². The summed E-state index contributed by atoms with van der Waals surface area (Å²) in [6.45, 7) is 5.25. The largest absolute Gasteiger partial charge is 0.345 e. The van der Waals surface area contributed by atoms with Crippen LogP contribution in [0.5, 0.6) is 0 Å². The van der Waals surface area contributed by atoms with E-state index in [1.54, 1.807) is 59.1 Å². The molecule has 28 heavy (non-hydrogen) atoms. The van der Waals surface area contributed by atoms with Gasteiger partial charge in [-0.3, -0.25) is 9.59 Å². The highest BCUT2D eigenvalue weighted by Gasteiger charge is 2.22. The third-order valence-corrected chi connectivity index (χ3v) is 5.41. The monoisotopic (exact) mass is 403 g/mol. The predicted octanol–water partition coefficient (Wildman–Crippen LogP) is 2.72. The average Bonchev–Trinajstić information content (AvgIpc) is 2.59. The molecule has 0 aliphatic heterocycles. The summed E-state index contributed by atoms with van der Waals surface area (Å²) >= 11 is 0. The second kappa shape index (κ2) is 8.12. The van der Waals surface area contributed by atoms with E-state index in [1.807, 2.05) is 0 Å². The van der Waals surface area contributed by atoms with Crippen LogP contribution in [0, 0.1) is 0 Å². The molecule has 0 spiro atoms. The quantitative estimate of drug-likeness (QED) is 0.802. The van der Waals surface area contributed by atoms with Crippen LogP contribution in [0.2, 0.25) is 0 Å². The smallest absolute Gasteiger partial charge is 0.255 e. The van der Waals surface area contributed by atoms with Gasteiger partial charge in [-0.15, -0.1) is 0 Å². The topological polar surface area (TPSA) is 95.6 Å². The summed E-state index contributed by atoms with van der Waals surface area (Å²) < 4.78 is 27.2. The molecule has 2 N–H and O–H groups in total. The first-order chi connectivity index (χ1) is 12.9. The second-order valence-electron chi connectivity index (χ2n) is 7.61. The number of carbonyl (C=O) groups excluding carboxylic acids is 2. The fraction of sp³-hybridized carbons (Fsp3) is 0.300. The molecule has 2 amide bonds. The number of benzene rings is 2. The lowest BCUT2D eigenvalue weighted by Gasteiger charge is -2.20. The molecule has 0 aromatic heterocycles. The van der Waals surface area contributed by atoms with Crippen LogP contribution >= 0.6 is 0 Å². The van der Waals surface area contributed by atoms with Crippen LogP contribution in [0.4, 0.5) is 5.69 Å². The van der Waals surface area contributed by atoms with Gasteiger partial charge >= 0.3 is 0 Å². The Kier molecular flexibility index (Phi) is 6.26. The number of nitrogens with zero attached hydrogens (tertiary/aromatic N) is 1. The molecule has 0 heterocycles. The number of nitrogens with one attached hydrogen (secondary N) is 2. The summed E-state index contributed by atoms with van der Waals surface area (Å²) in [4.78, 5) is 26.0. The predicted molar refractivity (Wildman–Crippen MR) is 109 cm³/mol. The van der Waals surface area contributed by atoms with Crippen molar-refractivity contribution in [3.63, 3.8) is 0 Å². The maximum Gasteiger partial charge on any atom is 0.255 e. The highest BCUT2D eigenvalue weighted by atomic mass is 32.2. The minimum atomic E-state index is -3.67. The lowest BCUT2D eigenvalue weighted by molar-refractivity contribution is 0.0827. The summed E-state index contributed by atoms with van der Waals surface area (Å²) in [7, 11) is -0.365. The van der Waals surface area contributed by atoms with Gasteiger partial charge in [0.05, 0.1) is 4.90 Å². The van der Waals surface area contributed by atoms with Crippen LogP contribution < -0.4 is 10.0 Å². The van der Waals surface area contributed by atoms with Crippen molar-refractivity contribution in [2.24, 2.45) is 0 Å². The summed E-state index contributed by atoms with van der Waals surface area (Å²) in [5.74, 6) is -0.570. The Balaban J connectivity index is 2.16. The van der Waals surface area contributed by atoms with E-state index in [1.165, 1.54) is 29.2 Å². The third kappa shape index (κ3) is 5.64. The number of rotatable bonds is 5. The number of sulfonamides is 1. The molecule has 2 aromatic rings. The van der Waals surface area contributed by atoms with E-state index in [2.05, 4.69) is 10.0 Å². The molecule has 7 nitrogen and oxygen atoms in total. The van der Waals surface area contributed by atoms with E-state index in [-0.39, 0.29) is 10.8 Å². The Hall–Kier alpha value is -2.71. The first-order valence-corrected chi connectivity index (χ1v) is 10.1. The second-order valence-corrected chi connectivity index (χ2v) is 9.30. The molecule has 8 heteroatoms. The molecule has 0 radical (unpaired) electrons. The van der Waals surface area contributed by atoms with Crippen LogP contribution in [-0.4, -0.2) is 44.8 Å². The van der Waals surface area contributed by atoms with Crippen molar-refractivity contribution in [3.8, 4) is 0 Å². The van der Waals surface area contributed by atoms with Gasteiger partial charge in [-0.2, -0.15) is 0 Å². The van der Waals surface area contributed by atoms with Crippen LogP contribution in [0.25, 0.3) is 0 Å². The van der Waals surface area contributed by atoms with Crippen molar-refractivity contribution in [3.05, 3.63) is 59.7 Å². The molecule has 0 atom stereocenters. The summed E-state index contributed by atoms with van der Waals surface area (Å²) in [5, 5.41) is 2.71. The van der Waals surface area contributed by atoms with Gasteiger partial charge in [-0.25, -0.2) is 13.1 Å². The van der Waals surface area contributed by atoms with Crippen molar-refractivity contribution in [2.75, 3.05) is 19.4 Å². The van der Waals surface area contributed by atoms with Crippen LogP contribution in [-0.2, 0) is 10.0 Å². The van der Waals surface area contributed by atoms with Gasteiger partial charge in [0.1, 0.15) is 0 Å². The van der Waals surface area contributed by atoms with E-state index >= 15 is 0 Å². The molecule has 0 saturated carbocycles. The molecule has 0 bridgehead atoms. The highest BCUT2D eigenvalue weighted by Crippen LogP contribution is 2.16. The maximum absolute atomic E-state index is 12.4. The van der Waals surface area contributed by atoms with Gasteiger partial charge in [0.25, 0.3) is 11.8 Å². The minimum absolute atomic E-state index is 0.0811. The zero-order chi connectivity index (χ0) is 21.1. The Labute approximate surface area is 165 Å². The molecule has 0 aliphatic carbocycles. The van der Waals surface area contributed by atoms with Crippen molar-refractivity contribution in [2.45, 2.75) is 31.2 Å². The zero-order valence-corrected chi connectivity index (χ0v) is 17.4. The molecular formula is C20H25N3O4S. The Morgan fingerprint density at radius 3 is 2.07 bits per heavy atom. The molecule has 0 aliphatic rings. The van der Waals surface area contributed by atoms with Crippen LogP contribution in [0.3, 0.4) is 0 Å². The Bertz CT molecular complexity index is 975. The van der Waals surface area contributed by atoms with E-state index in [0.29, 0.717) is 16.8 Å². The van der Waals surface area contributed by atoms with Crippen LogP contribution in [0.15, 0.2) is 53.4 Å². The van der Waals surface area contributed by atoms with Gasteiger partial charge in [-0.1, -0.05) is 6.07 Å². The van der Waals surface area contributed by atoms with Crippen molar-refractivity contribution >= 4 is 27.5 Å². The first kappa shape index (κ1) is 21.6. The summed E-state index contributed by atoms with van der Waals surface area (Å²) in [6.07, 6.45) is 0. The molecule has 0 saturated heterocycles. The van der Waals surface area contributed by atoms with Gasteiger partial charge in [0, 0.05) is 36.4 Å². The standard InChI is InChI=1S/C20H25N3O4S/c1-20(2,3)22-28(26,27)17-11-9-14(10-12-17)18(24)21-16-8-6-7-15(13-16)19(25)23(4)5/h6-13,22H,1-5H3,(H,21,24). The third-order valence-electron chi connectivity index (χ3n) is 3.64. The lowest BCUT2D eigenvalue weighted by Crippen LogP contribution is -2.40. The molecule has 0 fully saturated rings. The van der Waals surface area contributed by atoms with Crippen molar-refractivity contribution in [1.29, 1.82) is 0 Å². The Morgan fingerprint density at radius 2 is 1.54 bits per heavy atom.